The normalized spacial score (nSPS) is 14.8. The highest BCUT2D eigenvalue weighted by Crippen LogP contribution is 2.40. The van der Waals surface area contributed by atoms with Gasteiger partial charge >= 0.3 is 6.18 Å². The molecule has 6 rings (SSSR count). The average Bonchev–Trinajstić information content (AvgIpc) is 3.58. The first-order valence-corrected chi connectivity index (χ1v) is 12.0. The zero-order chi connectivity index (χ0) is 25.4. The summed E-state index contributed by atoms with van der Waals surface area (Å²) in [5.41, 5.74) is 3.39. The highest BCUT2D eigenvalue weighted by atomic mass is 19.4. The number of nitrogens with one attached hydrogen (secondary N) is 1. The number of fused-ring (bicyclic) bond motifs is 1. The number of rotatable bonds is 5. The largest absolute Gasteiger partial charge is 0.457 e. The molecule has 37 heavy (non-hydrogen) atoms. The lowest BCUT2D eigenvalue weighted by Gasteiger charge is -2.25. The van der Waals surface area contributed by atoms with Crippen LogP contribution >= 0.6 is 0 Å². The summed E-state index contributed by atoms with van der Waals surface area (Å²) in [7, 11) is 0. The molecule has 8 nitrogen and oxygen atoms in total. The maximum Gasteiger partial charge on any atom is 0.416 e. The Labute approximate surface area is 209 Å². The maximum absolute atomic E-state index is 13.1. The average molecular weight is 506 g/mol. The standard InChI is InChI=1S/C26H22F3N7O/c27-26(28,29)18-9-5-11-20(13-18)37-19-10-4-8-17(12-19)21-14-30-25-22(24-32-34-35-33-24)15-31-36(25)23(21)16-6-2-1-3-7-16/h4-5,8-16H,1-3,6-7H2,(H,32,33,34,35). The summed E-state index contributed by atoms with van der Waals surface area (Å²) >= 11 is 0. The Bertz CT molecular complexity index is 1540. The van der Waals surface area contributed by atoms with Crippen molar-refractivity contribution in [3.05, 3.63) is 72.2 Å². The predicted molar refractivity (Wildman–Crippen MR) is 129 cm³/mol. The third-order valence-electron chi connectivity index (χ3n) is 6.70. The van der Waals surface area contributed by atoms with Crippen LogP contribution in [0.1, 0.15) is 49.3 Å². The molecule has 0 aliphatic heterocycles. The molecule has 0 amide bonds. The van der Waals surface area contributed by atoms with Crippen LogP contribution in [0, 0.1) is 0 Å². The van der Waals surface area contributed by atoms with Crippen LogP contribution < -0.4 is 4.74 Å². The van der Waals surface area contributed by atoms with Crippen LogP contribution in [0.2, 0.25) is 0 Å². The Morgan fingerprint density at radius 1 is 0.919 bits per heavy atom. The Morgan fingerprint density at radius 3 is 2.46 bits per heavy atom. The molecule has 5 aromatic rings. The first-order valence-electron chi connectivity index (χ1n) is 12.0. The SMILES string of the molecule is FC(F)(F)c1cccc(Oc2cccc(-c3cnc4c(-c5nnn[nH]5)cnn4c3C3CCCCC3)c2)c1. The van der Waals surface area contributed by atoms with Crippen molar-refractivity contribution in [1.29, 1.82) is 0 Å². The van der Waals surface area contributed by atoms with Crippen LogP contribution in [-0.2, 0) is 6.18 Å². The summed E-state index contributed by atoms with van der Waals surface area (Å²) in [5, 5.41) is 18.8. The van der Waals surface area contributed by atoms with Gasteiger partial charge < -0.3 is 4.74 Å². The summed E-state index contributed by atoms with van der Waals surface area (Å²) in [5.74, 6) is 1.31. The number of tetrazole rings is 1. The molecule has 0 bridgehead atoms. The molecule has 0 atom stereocenters. The van der Waals surface area contributed by atoms with E-state index in [9.17, 15) is 13.2 Å². The third-order valence-corrected chi connectivity index (χ3v) is 6.70. The van der Waals surface area contributed by atoms with Crippen LogP contribution in [0.15, 0.2) is 60.9 Å². The number of nitrogens with zero attached hydrogens (tertiary/aromatic N) is 6. The fourth-order valence-corrected chi connectivity index (χ4v) is 4.98. The molecule has 1 N–H and O–H groups in total. The number of halogens is 3. The quantitative estimate of drug-likeness (QED) is 0.296. The topological polar surface area (TPSA) is 93.9 Å². The zero-order valence-electron chi connectivity index (χ0n) is 19.6. The van der Waals surface area contributed by atoms with Gasteiger partial charge in [0.25, 0.3) is 0 Å². The summed E-state index contributed by atoms with van der Waals surface area (Å²) in [6.07, 6.45) is 4.61. The number of hydrogen-bond acceptors (Lipinski definition) is 6. The molecule has 3 heterocycles. The predicted octanol–water partition coefficient (Wildman–Crippen LogP) is 6.44. The fourth-order valence-electron chi connectivity index (χ4n) is 4.98. The van der Waals surface area contributed by atoms with Gasteiger partial charge in [0.05, 0.1) is 23.0 Å². The van der Waals surface area contributed by atoms with Crippen molar-refractivity contribution in [3.8, 4) is 34.0 Å². The lowest BCUT2D eigenvalue weighted by molar-refractivity contribution is -0.137. The smallest absolute Gasteiger partial charge is 0.416 e. The Balaban J connectivity index is 1.42. The van der Waals surface area contributed by atoms with Gasteiger partial charge in [0.15, 0.2) is 11.5 Å². The number of benzene rings is 2. The summed E-state index contributed by atoms with van der Waals surface area (Å²) in [6.45, 7) is 0. The van der Waals surface area contributed by atoms with Gasteiger partial charge in [0.2, 0.25) is 0 Å². The van der Waals surface area contributed by atoms with Gasteiger partial charge in [-0.1, -0.05) is 37.5 Å². The van der Waals surface area contributed by atoms with Crippen LogP contribution in [0.4, 0.5) is 13.2 Å². The minimum Gasteiger partial charge on any atom is -0.457 e. The Morgan fingerprint density at radius 2 is 1.70 bits per heavy atom. The van der Waals surface area contributed by atoms with E-state index in [1.165, 1.54) is 18.6 Å². The van der Waals surface area contributed by atoms with Crippen molar-refractivity contribution in [3.63, 3.8) is 0 Å². The number of ether oxygens (including phenoxy) is 1. The van der Waals surface area contributed by atoms with Crippen molar-refractivity contribution in [1.82, 2.24) is 35.2 Å². The van der Waals surface area contributed by atoms with Crippen LogP contribution in [0.5, 0.6) is 11.5 Å². The molecule has 11 heteroatoms. The summed E-state index contributed by atoms with van der Waals surface area (Å²) in [6, 6.07) is 12.2. The van der Waals surface area contributed by atoms with E-state index >= 15 is 0 Å². The van der Waals surface area contributed by atoms with E-state index in [0.29, 0.717) is 22.8 Å². The van der Waals surface area contributed by atoms with Crippen molar-refractivity contribution >= 4 is 5.65 Å². The molecule has 0 saturated heterocycles. The number of aromatic amines is 1. The van der Waals surface area contributed by atoms with Crippen LogP contribution in [-0.4, -0.2) is 35.2 Å². The summed E-state index contributed by atoms with van der Waals surface area (Å²) < 4.78 is 47.1. The minimum atomic E-state index is -4.44. The van der Waals surface area contributed by atoms with E-state index in [2.05, 4.69) is 25.7 Å². The second kappa shape index (κ2) is 9.30. The van der Waals surface area contributed by atoms with E-state index in [1.54, 1.807) is 12.3 Å². The van der Waals surface area contributed by atoms with Gasteiger partial charge in [-0.2, -0.15) is 18.3 Å². The maximum atomic E-state index is 13.1. The molecule has 1 aliphatic carbocycles. The van der Waals surface area contributed by atoms with Crippen molar-refractivity contribution in [2.75, 3.05) is 0 Å². The summed E-state index contributed by atoms with van der Waals surface area (Å²) in [4.78, 5) is 4.70. The first kappa shape index (κ1) is 23.1. The van der Waals surface area contributed by atoms with Gasteiger partial charge in [-0.3, -0.25) is 0 Å². The molecule has 1 aliphatic rings. The lowest BCUT2D eigenvalue weighted by atomic mass is 9.84. The minimum absolute atomic E-state index is 0.116. The van der Waals surface area contributed by atoms with E-state index < -0.39 is 11.7 Å². The molecular weight excluding hydrogens is 483 g/mol. The molecule has 0 spiro atoms. The van der Waals surface area contributed by atoms with E-state index in [-0.39, 0.29) is 11.7 Å². The number of hydrogen-bond donors (Lipinski definition) is 1. The molecule has 0 radical (unpaired) electrons. The van der Waals surface area contributed by atoms with Crippen molar-refractivity contribution < 1.29 is 17.9 Å². The van der Waals surface area contributed by atoms with Gasteiger partial charge in [-0.15, -0.1) is 5.10 Å². The third kappa shape index (κ3) is 4.52. The highest BCUT2D eigenvalue weighted by Gasteiger charge is 2.30. The molecule has 0 unspecified atom stereocenters. The molecular formula is C26H22F3N7O. The second-order valence-electron chi connectivity index (χ2n) is 9.09. The number of H-pyrrole nitrogens is 1. The monoisotopic (exact) mass is 505 g/mol. The van der Waals surface area contributed by atoms with Gasteiger partial charge in [0, 0.05) is 17.7 Å². The highest BCUT2D eigenvalue weighted by molar-refractivity contribution is 5.75. The van der Waals surface area contributed by atoms with E-state index in [1.807, 2.05) is 28.9 Å². The molecule has 2 aromatic carbocycles. The van der Waals surface area contributed by atoms with Gasteiger partial charge in [-0.05, 0) is 59.2 Å². The molecule has 1 saturated carbocycles. The van der Waals surface area contributed by atoms with Crippen molar-refractivity contribution in [2.45, 2.75) is 44.2 Å². The zero-order valence-corrected chi connectivity index (χ0v) is 19.6. The fraction of sp³-hybridized carbons (Fsp3) is 0.269. The Hall–Kier alpha value is -4.28. The van der Waals surface area contributed by atoms with Crippen molar-refractivity contribution in [2.24, 2.45) is 0 Å². The molecule has 3 aromatic heterocycles. The first-order chi connectivity index (χ1) is 18.0. The Kier molecular flexibility index (Phi) is 5.82. The van der Waals surface area contributed by atoms with Gasteiger partial charge in [-0.25, -0.2) is 14.6 Å². The van der Waals surface area contributed by atoms with Crippen LogP contribution in [0.25, 0.3) is 28.2 Å². The van der Waals surface area contributed by atoms with E-state index in [0.717, 1.165) is 54.6 Å². The number of aromatic nitrogens is 7. The van der Waals surface area contributed by atoms with Gasteiger partial charge in [0.1, 0.15) is 11.5 Å². The lowest BCUT2D eigenvalue weighted by Crippen LogP contribution is -2.12. The number of alkyl halides is 3. The molecule has 188 valence electrons. The van der Waals surface area contributed by atoms with E-state index in [4.69, 9.17) is 9.72 Å². The van der Waals surface area contributed by atoms with Crippen LogP contribution in [0.3, 0.4) is 0 Å². The second-order valence-corrected chi connectivity index (χ2v) is 9.09. The molecule has 1 fully saturated rings.